The van der Waals surface area contributed by atoms with Gasteiger partial charge in [-0.05, 0) is 48.6 Å². The fraction of sp³-hybridized carbons (Fsp3) is 0.480. The number of amides is 1. The van der Waals surface area contributed by atoms with Crippen LogP contribution in [0.15, 0.2) is 47.4 Å². The van der Waals surface area contributed by atoms with Gasteiger partial charge in [-0.3, -0.25) is 4.79 Å². The topological polar surface area (TPSA) is 79.0 Å². The lowest BCUT2D eigenvalue weighted by atomic mass is 9.82. The number of rotatable bonds is 7. The molecule has 0 radical (unpaired) electrons. The number of morpholine rings is 1. The summed E-state index contributed by atoms with van der Waals surface area (Å²) >= 11 is 0. The molecular formula is C25H33N3O4S. The van der Waals surface area contributed by atoms with E-state index in [1.807, 2.05) is 38.1 Å². The van der Waals surface area contributed by atoms with Crippen LogP contribution >= 0.6 is 0 Å². The molecule has 2 aromatic carbocycles. The standard InChI is InChI=1S/C25H33N3O4S/c1-3-28(4-2)33(30,31)20-12-13-24(27-14-16-32-17-15-27)23(18-20)26-25(29)22-11-7-9-19-8-5-6-10-21(19)22/h5-6,8,10,12-13,18,22H,3-4,7,9,11,14-17H2,1-2H3,(H,26,29)/t22-/m0/s1. The molecule has 1 heterocycles. The normalized spacial score (nSPS) is 18.8. The van der Waals surface area contributed by atoms with E-state index in [1.54, 1.807) is 12.1 Å². The van der Waals surface area contributed by atoms with Gasteiger partial charge < -0.3 is 15.0 Å². The van der Waals surface area contributed by atoms with Crippen LogP contribution in [0.1, 0.15) is 43.7 Å². The Morgan fingerprint density at radius 2 is 1.85 bits per heavy atom. The molecule has 178 valence electrons. The second kappa shape index (κ2) is 10.2. The summed E-state index contributed by atoms with van der Waals surface area (Å²) in [5.41, 5.74) is 3.66. The zero-order valence-electron chi connectivity index (χ0n) is 19.4. The molecule has 1 amide bonds. The van der Waals surface area contributed by atoms with Gasteiger partial charge in [-0.25, -0.2) is 8.42 Å². The Balaban J connectivity index is 1.69. The van der Waals surface area contributed by atoms with Gasteiger partial charge in [-0.15, -0.1) is 0 Å². The maximum absolute atomic E-state index is 13.5. The lowest BCUT2D eigenvalue weighted by molar-refractivity contribution is -0.117. The summed E-state index contributed by atoms with van der Waals surface area (Å²) in [6.07, 6.45) is 2.73. The maximum Gasteiger partial charge on any atom is 0.243 e. The number of ether oxygens (including phenoxy) is 1. The van der Waals surface area contributed by atoms with Gasteiger partial charge in [0.05, 0.1) is 35.4 Å². The van der Waals surface area contributed by atoms with Gasteiger partial charge in [0.2, 0.25) is 15.9 Å². The highest BCUT2D eigenvalue weighted by atomic mass is 32.2. The van der Waals surface area contributed by atoms with Crippen molar-refractivity contribution in [2.24, 2.45) is 0 Å². The summed E-state index contributed by atoms with van der Waals surface area (Å²) in [6, 6.07) is 13.2. The lowest BCUT2D eigenvalue weighted by Gasteiger charge is -2.32. The van der Waals surface area contributed by atoms with Crippen molar-refractivity contribution in [3.8, 4) is 0 Å². The summed E-state index contributed by atoms with van der Waals surface area (Å²) in [4.78, 5) is 15.8. The first kappa shape index (κ1) is 23.7. The van der Waals surface area contributed by atoms with Crippen LogP contribution in [-0.4, -0.2) is 58.0 Å². The Bertz CT molecular complexity index is 1090. The molecule has 8 heteroatoms. The van der Waals surface area contributed by atoms with Gasteiger partial charge in [0.25, 0.3) is 0 Å². The second-order valence-corrected chi connectivity index (χ2v) is 10.4. The third-order valence-corrected chi connectivity index (χ3v) is 8.65. The van der Waals surface area contributed by atoms with Crippen LogP contribution in [-0.2, 0) is 26.0 Å². The number of carbonyl (C=O) groups excluding carboxylic acids is 1. The van der Waals surface area contributed by atoms with E-state index in [0.29, 0.717) is 45.1 Å². The van der Waals surface area contributed by atoms with Gasteiger partial charge in [-0.1, -0.05) is 38.1 Å². The molecule has 0 saturated carbocycles. The molecule has 1 fully saturated rings. The third kappa shape index (κ3) is 4.93. The number of benzene rings is 2. The Morgan fingerprint density at radius 1 is 1.12 bits per heavy atom. The van der Waals surface area contributed by atoms with E-state index in [0.717, 1.165) is 30.5 Å². The predicted molar refractivity (Wildman–Crippen MR) is 130 cm³/mol. The average Bonchev–Trinajstić information content (AvgIpc) is 2.84. The molecule has 0 bridgehead atoms. The van der Waals surface area contributed by atoms with Crippen molar-refractivity contribution in [3.63, 3.8) is 0 Å². The Hall–Kier alpha value is -2.42. The molecule has 1 N–H and O–H groups in total. The monoisotopic (exact) mass is 471 g/mol. The smallest absolute Gasteiger partial charge is 0.243 e. The molecule has 0 spiro atoms. The summed E-state index contributed by atoms with van der Waals surface area (Å²) in [7, 11) is -3.64. The van der Waals surface area contributed by atoms with Crippen molar-refractivity contribution >= 4 is 27.3 Å². The molecule has 7 nitrogen and oxygen atoms in total. The van der Waals surface area contributed by atoms with Crippen LogP contribution in [0, 0.1) is 0 Å². The highest BCUT2D eigenvalue weighted by molar-refractivity contribution is 7.89. The van der Waals surface area contributed by atoms with Crippen molar-refractivity contribution in [2.75, 3.05) is 49.6 Å². The Labute approximate surface area is 196 Å². The highest BCUT2D eigenvalue weighted by Gasteiger charge is 2.29. The van der Waals surface area contributed by atoms with E-state index in [1.165, 1.54) is 9.87 Å². The first-order valence-corrected chi connectivity index (χ1v) is 13.2. The van der Waals surface area contributed by atoms with E-state index in [4.69, 9.17) is 4.74 Å². The predicted octanol–water partition coefficient (Wildman–Crippen LogP) is 3.61. The molecule has 4 rings (SSSR count). The van der Waals surface area contributed by atoms with Gasteiger partial charge in [0, 0.05) is 26.2 Å². The van der Waals surface area contributed by atoms with Gasteiger partial charge in [-0.2, -0.15) is 4.31 Å². The number of nitrogens with zero attached hydrogens (tertiary/aromatic N) is 2. The SMILES string of the molecule is CCN(CC)S(=O)(=O)c1ccc(N2CCOCC2)c(NC(=O)[C@H]2CCCc3ccccc32)c1. The third-order valence-electron chi connectivity index (χ3n) is 6.61. The number of anilines is 2. The molecule has 1 saturated heterocycles. The van der Waals surface area contributed by atoms with Gasteiger partial charge in [0.1, 0.15) is 0 Å². The minimum absolute atomic E-state index is 0.0888. The molecular weight excluding hydrogens is 438 g/mol. The fourth-order valence-electron chi connectivity index (χ4n) is 4.81. The largest absolute Gasteiger partial charge is 0.378 e. The fourth-order valence-corrected chi connectivity index (χ4v) is 6.30. The van der Waals surface area contributed by atoms with Crippen LogP contribution in [0.25, 0.3) is 0 Å². The summed E-state index contributed by atoms with van der Waals surface area (Å²) in [5, 5.41) is 3.10. The molecule has 0 aromatic heterocycles. The Kier molecular flexibility index (Phi) is 7.36. The van der Waals surface area contributed by atoms with Crippen molar-refractivity contribution in [1.82, 2.24) is 4.31 Å². The highest BCUT2D eigenvalue weighted by Crippen LogP contribution is 2.35. The van der Waals surface area contributed by atoms with Gasteiger partial charge in [0.15, 0.2) is 0 Å². The van der Waals surface area contributed by atoms with Crippen molar-refractivity contribution < 1.29 is 17.9 Å². The molecule has 33 heavy (non-hydrogen) atoms. The number of sulfonamides is 1. The van der Waals surface area contributed by atoms with Crippen LogP contribution < -0.4 is 10.2 Å². The van der Waals surface area contributed by atoms with Crippen molar-refractivity contribution in [2.45, 2.75) is 43.9 Å². The summed E-state index contributed by atoms with van der Waals surface area (Å²) < 4.78 is 33.2. The zero-order valence-corrected chi connectivity index (χ0v) is 20.2. The van der Waals surface area contributed by atoms with Crippen molar-refractivity contribution in [1.29, 1.82) is 0 Å². The summed E-state index contributed by atoms with van der Waals surface area (Å²) in [6.45, 7) is 7.02. The molecule has 2 aromatic rings. The first-order valence-electron chi connectivity index (χ1n) is 11.8. The number of hydrogen-bond donors (Lipinski definition) is 1. The first-order chi connectivity index (χ1) is 16.0. The van der Waals surface area contributed by atoms with E-state index in [9.17, 15) is 13.2 Å². The maximum atomic E-state index is 13.5. The van der Waals surface area contributed by atoms with Crippen LogP contribution in [0.2, 0.25) is 0 Å². The zero-order chi connectivity index (χ0) is 23.4. The Morgan fingerprint density at radius 3 is 2.58 bits per heavy atom. The van der Waals surface area contributed by atoms with Crippen LogP contribution in [0.4, 0.5) is 11.4 Å². The van der Waals surface area contributed by atoms with E-state index in [2.05, 4.69) is 16.3 Å². The molecule has 2 aliphatic rings. The number of aryl methyl sites for hydroxylation is 1. The molecule has 1 aliphatic heterocycles. The van der Waals surface area contributed by atoms with E-state index >= 15 is 0 Å². The van der Waals surface area contributed by atoms with E-state index < -0.39 is 10.0 Å². The lowest BCUT2D eigenvalue weighted by Crippen LogP contribution is -2.37. The molecule has 1 atom stereocenters. The van der Waals surface area contributed by atoms with Crippen molar-refractivity contribution in [3.05, 3.63) is 53.6 Å². The second-order valence-electron chi connectivity index (χ2n) is 8.50. The average molecular weight is 472 g/mol. The van der Waals surface area contributed by atoms with Crippen LogP contribution in [0.3, 0.4) is 0 Å². The number of nitrogens with one attached hydrogen (secondary N) is 1. The number of carbonyl (C=O) groups is 1. The minimum atomic E-state index is -3.64. The van der Waals surface area contributed by atoms with Gasteiger partial charge >= 0.3 is 0 Å². The van der Waals surface area contributed by atoms with Crippen LogP contribution in [0.5, 0.6) is 0 Å². The summed E-state index contributed by atoms with van der Waals surface area (Å²) in [5.74, 6) is -0.329. The molecule has 1 aliphatic carbocycles. The van der Waals surface area contributed by atoms with E-state index in [-0.39, 0.29) is 16.7 Å². The number of hydrogen-bond acceptors (Lipinski definition) is 5. The molecule has 0 unspecified atom stereocenters. The number of fused-ring (bicyclic) bond motifs is 1. The minimum Gasteiger partial charge on any atom is -0.378 e. The quantitative estimate of drug-likeness (QED) is 0.667.